The number of hydrogen-bond donors (Lipinski definition) is 1. The Bertz CT molecular complexity index is 196. The number of methoxy groups -OCH3 is 1. The lowest BCUT2D eigenvalue weighted by atomic mass is 9.75. The Kier molecular flexibility index (Phi) is 7.67. The molecule has 102 valence electrons. The average Bonchev–Trinajstić information content (AvgIpc) is 2.37. The summed E-state index contributed by atoms with van der Waals surface area (Å²) in [5, 5.41) is 10.2. The summed E-state index contributed by atoms with van der Waals surface area (Å²) in [7, 11) is 1.73. The molecule has 1 N–H and O–H groups in total. The highest BCUT2D eigenvalue weighted by atomic mass is 79.9. The number of halogens is 1. The molecule has 1 rings (SSSR count). The summed E-state index contributed by atoms with van der Waals surface area (Å²) in [5.74, 6) is 0. The van der Waals surface area contributed by atoms with Crippen molar-refractivity contribution in [1.82, 2.24) is 4.90 Å². The van der Waals surface area contributed by atoms with Crippen molar-refractivity contribution in [2.45, 2.75) is 32.1 Å². The van der Waals surface area contributed by atoms with Crippen LogP contribution in [-0.2, 0) is 4.74 Å². The van der Waals surface area contributed by atoms with E-state index >= 15 is 0 Å². The van der Waals surface area contributed by atoms with Crippen molar-refractivity contribution >= 4 is 15.9 Å². The molecule has 4 heteroatoms. The van der Waals surface area contributed by atoms with Crippen molar-refractivity contribution in [3.05, 3.63) is 0 Å². The van der Waals surface area contributed by atoms with E-state index in [9.17, 15) is 0 Å². The van der Waals surface area contributed by atoms with Crippen LogP contribution < -0.4 is 0 Å². The van der Waals surface area contributed by atoms with Crippen molar-refractivity contribution < 1.29 is 9.84 Å². The van der Waals surface area contributed by atoms with Crippen LogP contribution in [-0.4, -0.2) is 55.3 Å². The first-order chi connectivity index (χ1) is 8.26. The molecule has 0 aromatic rings. The van der Waals surface area contributed by atoms with Gasteiger partial charge in [0.15, 0.2) is 0 Å². The van der Waals surface area contributed by atoms with Crippen molar-refractivity contribution in [2.24, 2.45) is 5.41 Å². The summed E-state index contributed by atoms with van der Waals surface area (Å²) in [6.07, 6.45) is 6.71. The Balaban J connectivity index is 2.48. The lowest BCUT2D eigenvalue weighted by molar-refractivity contribution is 0.0811. The first-order valence-electron chi connectivity index (χ1n) is 6.64. The van der Waals surface area contributed by atoms with Gasteiger partial charge in [-0.15, -0.1) is 0 Å². The minimum atomic E-state index is 0.238. The molecule has 0 amide bonds. The van der Waals surface area contributed by atoms with Gasteiger partial charge in [-0.25, -0.2) is 0 Å². The lowest BCUT2D eigenvalue weighted by Crippen LogP contribution is -2.42. The van der Waals surface area contributed by atoms with Gasteiger partial charge in [0.2, 0.25) is 0 Å². The number of ether oxygens (including phenoxy) is 1. The molecule has 1 fully saturated rings. The summed E-state index contributed by atoms with van der Waals surface area (Å²) in [5.41, 5.74) is 0.418. The number of rotatable bonds is 8. The van der Waals surface area contributed by atoms with Crippen LogP contribution in [0.15, 0.2) is 0 Å². The predicted octanol–water partition coefficient (Wildman–Crippen LogP) is 2.27. The maximum Gasteiger partial charge on any atom is 0.0589 e. The minimum Gasteiger partial charge on any atom is -0.395 e. The molecule has 0 heterocycles. The van der Waals surface area contributed by atoms with Crippen molar-refractivity contribution in [3.63, 3.8) is 0 Å². The molecule has 1 aliphatic rings. The maximum atomic E-state index is 9.13. The van der Waals surface area contributed by atoms with E-state index in [0.717, 1.165) is 31.6 Å². The van der Waals surface area contributed by atoms with Crippen LogP contribution in [0, 0.1) is 5.41 Å². The molecule has 1 saturated carbocycles. The molecule has 0 atom stereocenters. The number of aliphatic hydroxyl groups excluding tert-OH is 1. The summed E-state index contributed by atoms with van der Waals surface area (Å²) < 4.78 is 5.14. The van der Waals surface area contributed by atoms with Gasteiger partial charge in [0.05, 0.1) is 13.2 Å². The Morgan fingerprint density at radius 2 is 1.94 bits per heavy atom. The van der Waals surface area contributed by atoms with E-state index in [1.807, 2.05) is 0 Å². The highest BCUT2D eigenvalue weighted by Crippen LogP contribution is 2.38. The van der Waals surface area contributed by atoms with Crippen molar-refractivity contribution in [1.29, 1.82) is 0 Å². The number of hydrogen-bond acceptors (Lipinski definition) is 3. The third-order valence-corrected chi connectivity index (χ3v) is 4.97. The van der Waals surface area contributed by atoms with Crippen LogP contribution in [0.25, 0.3) is 0 Å². The van der Waals surface area contributed by atoms with Gasteiger partial charge in [-0.2, -0.15) is 0 Å². The van der Waals surface area contributed by atoms with Gasteiger partial charge in [0, 0.05) is 32.1 Å². The van der Waals surface area contributed by atoms with Gasteiger partial charge in [-0.1, -0.05) is 35.2 Å². The molecular formula is C13H26BrNO2. The summed E-state index contributed by atoms with van der Waals surface area (Å²) in [6, 6.07) is 0. The van der Waals surface area contributed by atoms with Crippen LogP contribution in [0.5, 0.6) is 0 Å². The SMILES string of the molecule is COCCN(CCO)CC1(CBr)CCCCC1. The molecule has 17 heavy (non-hydrogen) atoms. The summed E-state index contributed by atoms with van der Waals surface area (Å²) in [4.78, 5) is 2.34. The molecule has 0 aromatic carbocycles. The first-order valence-corrected chi connectivity index (χ1v) is 7.76. The normalized spacial score (nSPS) is 19.8. The van der Waals surface area contributed by atoms with Crippen LogP contribution in [0.4, 0.5) is 0 Å². The largest absolute Gasteiger partial charge is 0.395 e. The van der Waals surface area contributed by atoms with E-state index < -0.39 is 0 Å². The van der Waals surface area contributed by atoms with Crippen LogP contribution in [0.1, 0.15) is 32.1 Å². The standard InChI is InChI=1S/C13H26BrNO2/c1-17-10-8-15(7-9-16)12-13(11-14)5-3-2-4-6-13/h16H,2-12H2,1H3. The highest BCUT2D eigenvalue weighted by Gasteiger charge is 2.32. The lowest BCUT2D eigenvalue weighted by Gasteiger charge is -2.40. The molecule has 1 aliphatic carbocycles. The van der Waals surface area contributed by atoms with Gasteiger partial charge in [-0.3, -0.25) is 4.90 Å². The molecule has 0 bridgehead atoms. The van der Waals surface area contributed by atoms with E-state index in [2.05, 4.69) is 20.8 Å². The monoisotopic (exact) mass is 307 g/mol. The molecule has 0 unspecified atom stereocenters. The van der Waals surface area contributed by atoms with Crippen LogP contribution in [0.2, 0.25) is 0 Å². The number of nitrogens with zero attached hydrogens (tertiary/aromatic N) is 1. The van der Waals surface area contributed by atoms with Gasteiger partial charge in [0.25, 0.3) is 0 Å². The molecular weight excluding hydrogens is 282 g/mol. The summed E-state index contributed by atoms with van der Waals surface area (Å²) in [6.45, 7) is 3.76. The van der Waals surface area contributed by atoms with Gasteiger partial charge in [-0.05, 0) is 18.3 Å². The fourth-order valence-corrected chi connectivity index (χ4v) is 3.48. The second kappa shape index (κ2) is 8.46. The second-order valence-electron chi connectivity index (χ2n) is 5.19. The minimum absolute atomic E-state index is 0.238. The van der Waals surface area contributed by atoms with Crippen molar-refractivity contribution in [2.75, 3.05) is 45.3 Å². The zero-order valence-corrected chi connectivity index (χ0v) is 12.5. The molecule has 0 spiro atoms. The molecule has 0 aliphatic heterocycles. The van der Waals surface area contributed by atoms with E-state index in [-0.39, 0.29) is 6.61 Å². The quantitative estimate of drug-likeness (QED) is 0.698. The molecule has 0 radical (unpaired) electrons. The van der Waals surface area contributed by atoms with Gasteiger partial charge >= 0.3 is 0 Å². The fourth-order valence-electron chi connectivity index (χ4n) is 2.74. The maximum absolute atomic E-state index is 9.13. The zero-order chi connectivity index (χ0) is 12.6. The van der Waals surface area contributed by atoms with Crippen LogP contribution >= 0.6 is 15.9 Å². The van der Waals surface area contributed by atoms with Crippen molar-refractivity contribution in [3.8, 4) is 0 Å². The summed E-state index contributed by atoms with van der Waals surface area (Å²) >= 11 is 3.70. The average molecular weight is 308 g/mol. The topological polar surface area (TPSA) is 32.7 Å². The fraction of sp³-hybridized carbons (Fsp3) is 1.00. The Labute approximate surface area is 114 Å². The van der Waals surface area contributed by atoms with E-state index in [0.29, 0.717) is 5.41 Å². The second-order valence-corrected chi connectivity index (χ2v) is 5.75. The van der Waals surface area contributed by atoms with Gasteiger partial charge in [0.1, 0.15) is 0 Å². The Morgan fingerprint density at radius 1 is 1.24 bits per heavy atom. The Hall–Kier alpha value is 0.360. The van der Waals surface area contributed by atoms with E-state index in [1.54, 1.807) is 7.11 Å². The molecule has 3 nitrogen and oxygen atoms in total. The van der Waals surface area contributed by atoms with Gasteiger partial charge < -0.3 is 9.84 Å². The Morgan fingerprint density at radius 3 is 2.47 bits per heavy atom. The first kappa shape index (κ1) is 15.4. The van der Waals surface area contributed by atoms with E-state index in [1.165, 1.54) is 32.1 Å². The third-order valence-electron chi connectivity index (χ3n) is 3.78. The predicted molar refractivity (Wildman–Crippen MR) is 74.7 cm³/mol. The highest BCUT2D eigenvalue weighted by molar-refractivity contribution is 9.09. The smallest absolute Gasteiger partial charge is 0.0589 e. The molecule has 0 saturated heterocycles. The molecule has 0 aromatic heterocycles. The number of alkyl halides is 1. The number of aliphatic hydroxyl groups is 1. The van der Waals surface area contributed by atoms with E-state index in [4.69, 9.17) is 9.84 Å². The third kappa shape index (κ3) is 5.25. The zero-order valence-electron chi connectivity index (χ0n) is 11.0. The van der Waals surface area contributed by atoms with Crippen LogP contribution in [0.3, 0.4) is 0 Å².